The third-order valence-corrected chi connectivity index (χ3v) is 6.89. The summed E-state index contributed by atoms with van der Waals surface area (Å²) >= 11 is 12.6. The minimum Gasteiger partial charge on any atom is -0.354 e. The molecule has 2 amide bonds. The molecule has 3 rings (SSSR count). The summed E-state index contributed by atoms with van der Waals surface area (Å²) in [6, 6.07) is 20.4. The van der Waals surface area contributed by atoms with E-state index in [2.05, 4.69) is 12.2 Å². The highest BCUT2D eigenvalue weighted by Gasteiger charge is 2.31. The van der Waals surface area contributed by atoms with Gasteiger partial charge >= 0.3 is 0 Å². The van der Waals surface area contributed by atoms with Gasteiger partial charge in [-0.1, -0.05) is 96.7 Å². The largest absolute Gasteiger partial charge is 0.354 e. The van der Waals surface area contributed by atoms with E-state index in [0.29, 0.717) is 23.0 Å². The van der Waals surface area contributed by atoms with Crippen molar-refractivity contribution < 1.29 is 9.59 Å². The Bertz CT molecular complexity index is 1180. The Morgan fingerprint density at radius 3 is 2.39 bits per heavy atom. The van der Waals surface area contributed by atoms with Gasteiger partial charge in [-0.3, -0.25) is 9.59 Å². The molecule has 1 N–H and O–H groups in total. The number of carbonyl (C=O) groups excluding carboxylic acids is 2. The lowest BCUT2D eigenvalue weighted by Gasteiger charge is -2.32. The lowest BCUT2D eigenvalue weighted by Crippen LogP contribution is -2.51. The van der Waals surface area contributed by atoms with Crippen molar-refractivity contribution in [2.24, 2.45) is 0 Å². The SMILES string of the molecule is CCCCNC(=O)[C@@H](Cc1ccccc1)N(Cc1ccc(Cl)cc1Cl)C(=O)Cc1cc(C)ccc1C. The van der Waals surface area contributed by atoms with Crippen molar-refractivity contribution in [3.63, 3.8) is 0 Å². The molecule has 0 spiro atoms. The van der Waals surface area contributed by atoms with Crippen LogP contribution in [0.4, 0.5) is 0 Å². The minimum atomic E-state index is -0.686. The molecule has 0 aromatic heterocycles. The highest BCUT2D eigenvalue weighted by molar-refractivity contribution is 6.35. The van der Waals surface area contributed by atoms with Gasteiger partial charge in [-0.25, -0.2) is 0 Å². The molecule has 190 valence electrons. The molecule has 0 bridgehead atoms. The molecule has 3 aromatic rings. The zero-order valence-corrected chi connectivity index (χ0v) is 22.7. The number of halogens is 2. The Kier molecular flexibility index (Phi) is 10.4. The van der Waals surface area contributed by atoms with E-state index in [-0.39, 0.29) is 24.8 Å². The fraction of sp³-hybridized carbons (Fsp3) is 0.333. The number of unbranched alkanes of at least 4 members (excludes halogenated alkanes) is 1. The lowest BCUT2D eigenvalue weighted by atomic mass is 9.99. The van der Waals surface area contributed by atoms with Crippen LogP contribution in [-0.2, 0) is 29.0 Å². The van der Waals surface area contributed by atoms with Gasteiger partial charge in [0.15, 0.2) is 0 Å². The quantitative estimate of drug-likeness (QED) is 0.283. The molecule has 36 heavy (non-hydrogen) atoms. The van der Waals surface area contributed by atoms with Crippen LogP contribution in [0.1, 0.15) is 47.6 Å². The zero-order chi connectivity index (χ0) is 26.1. The van der Waals surface area contributed by atoms with E-state index in [4.69, 9.17) is 23.2 Å². The number of nitrogens with zero attached hydrogens (tertiary/aromatic N) is 1. The fourth-order valence-corrected chi connectivity index (χ4v) is 4.62. The summed E-state index contributed by atoms with van der Waals surface area (Å²) in [4.78, 5) is 29.1. The van der Waals surface area contributed by atoms with Crippen LogP contribution in [0.2, 0.25) is 10.0 Å². The molecule has 0 heterocycles. The summed E-state index contributed by atoms with van der Waals surface area (Å²) in [5.74, 6) is -0.284. The highest BCUT2D eigenvalue weighted by Crippen LogP contribution is 2.25. The highest BCUT2D eigenvalue weighted by atomic mass is 35.5. The summed E-state index contributed by atoms with van der Waals surface area (Å²) in [6.07, 6.45) is 2.46. The first-order chi connectivity index (χ1) is 17.3. The van der Waals surface area contributed by atoms with Crippen LogP contribution < -0.4 is 5.32 Å². The predicted molar refractivity (Wildman–Crippen MR) is 148 cm³/mol. The van der Waals surface area contributed by atoms with Crippen LogP contribution in [0, 0.1) is 13.8 Å². The first-order valence-corrected chi connectivity index (χ1v) is 13.1. The molecular weight excluding hydrogens is 491 g/mol. The molecule has 0 aliphatic carbocycles. The van der Waals surface area contributed by atoms with Crippen molar-refractivity contribution in [2.45, 2.75) is 59.0 Å². The number of carbonyl (C=O) groups is 2. The molecule has 1 atom stereocenters. The van der Waals surface area contributed by atoms with Gasteiger partial charge in [0.2, 0.25) is 11.8 Å². The maximum absolute atomic E-state index is 13.9. The van der Waals surface area contributed by atoms with Crippen molar-refractivity contribution in [1.82, 2.24) is 10.2 Å². The molecule has 6 heteroatoms. The summed E-state index contributed by atoms with van der Waals surface area (Å²) in [7, 11) is 0. The molecule has 0 unspecified atom stereocenters. The summed E-state index contributed by atoms with van der Waals surface area (Å²) in [5.41, 5.74) is 4.83. The van der Waals surface area contributed by atoms with E-state index in [1.807, 2.05) is 68.4 Å². The Morgan fingerprint density at radius 1 is 0.944 bits per heavy atom. The topological polar surface area (TPSA) is 49.4 Å². The smallest absolute Gasteiger partial charge is 0.243 e. The monoisotopic (exact) mass is 524 g/mol. The van der Waals surface area contributed by atoms with Crippen LogP contribution >= 0.6 is 23.2 Å². The lowest BCUT2D eigenvalue weighted by molar-refractivity contribution is -0.140. The van der Waals surface area contributed by atoms with Crippen LogP contribution in [0.15, 0.2) is 66.7 Å². The van der Waals surface area contributed by atoms with Crippen LogP contribution in [-0.4, -0.2) is 29.3 Å². The van der Waals surface area contributed by atoms with E-state index in [9.17, 15) is 9.59 Å². The summed E-state index contributed by atoms with van der Waals surface area (Å²) in [6.45, 7) is 6.87. The second-order valence-corrected chi connectivity index (χ2v) is 10.1. The van der Waals surface area contributed by atoms with Gasteiger partial charge in [0.05, 0.1) is 6.42 Å². The third-order valence-electron chi connectivity index (χ3n) is 6.30. The molecule has 0 saturated carbocycles. The second-order valence-electron chi connectivity index (χ2n) is 9.21. The summed E-state index contributed by atoms with van der Waals surface area (Å²) in [5, 5.41) is 4.04. The number of hydrogen-bond donors (Lipinski definition) is 1. The van der Waals surface area contributed by atoms with E-state index in [1.54, 1.807) is 17.0 Å². The van der Waals surface area contributed by atoms with Crippen molar-refractivity contribution >= 4 is 35.0 Å². The maximum atomic E-state index is 13.9. The average Bonchev–Trinajstić information content (AvgIpc) is 2.85. The number of benzene rings is 3. The Hall–Kier alpha value is -2.82. The van der Waals surface area contributed by atoms with Gasteiger partial charge in [-0.05, 0) is 54.7 Å². The predicted octanol–water partition coefficient (Wildman–Crippen LogP) is 6.71. The number of amides is 2. The number of rotatable bonds is 11. The normalized spacial score (nSPS) is 11.7. The standard InChI is InChI=1S/C30H34Cl2N2O2/c1-4-5-15-33-30(36)28(17-23-9-7-6-8-10-23)34(20-24-13-14-26(31)19-27(24)32)29(35)18-25-16-21(2)11-12-22(25)3/h6-14,16,19,28H,4-5,15,17-18,20H2,1-3H3,(H,33,36)/t28-/m1/s1. The fourth-order valence-electron chi connectivity index (χ4n) is 4.15. The van der Waals surface area contributed by atoms with Gasteiger partial charge in [0.25, 0.3) is 0 Å². The first kappa shape index (κ1) is 27.8. The van der Waals surface area contributed by atoms with Crippen molar-refractivity contribution in [2.75, 3.05) is 6.54 Å². The molecule has 0 fully saturated rings. The Morgan fingerprint density at radius 2 is 1.69 bits per heavy atom. The van der Waals surface area contributed by atoms with Crippen molar-refractivity contribution in [3.05, 3.63) is 105 Å². The van der Waals surface area contributed by atoms with Crippen molar-refractivity contribution in [3.8, 4) is 0 Å². The summed E-state index contributed by atoms with van der Waals surface area (Å²) < 4.78 is 0. The van der Waals surface area contributed by atoms with Crippen LogP contribution in [0.5, 0.6) is 0 Å². The van der Waals surface area contributed by atoms with Gasteiger partial charge in [-0.2, -0.15) is 0 Å². The molecule has 3 aromatic carbocycles. The average molecular weight is 526 g/mol. The number of hydrogen-bond acceptors (Lipinski definition) is 2. The molecule has 0 aliphatic rings. The van der Waals surface area contributed by atoms with Crippen molar-refractivity contribution in [1.29, 1.82) is 0 Å². The number of aryl methyl sites for hydroxylation is 2. The van der Waals surface area contributed by atoms with Gasteiger partial charge in [0.1, 0.15) is 6.04 Å². The van der Waals surface area contributed by atoms with E-state index in [0.717, 1.165) is 40.7 Å². The zero-order valence-electron chi connectivity index (χ0n) is 21.2. The third kappa shape index (κ3) is 7.84. The molecule has 0 saturated heterocycles. The van der Waals surface area contributed by atoms with Gasteiger partial charge in [-0.15, -0.1) is 0 Å². The van der Waals surface area contributed by atoms with Gasteiger partial charge < -0.3 is 10.2 Å². The Labute approximate surface area is 224 Å². The molecule has 0 aliphatic heterocycles. The molecule has 4 nitrogen and oxygen atoms in total. The van der Waals surface area contributed by atoms with Crippen LogP contribution in [0.25, 0.3) is 0 Å². The first-order valence-electron chi connectivity index (χ1n) is 12.4. The second kappa shape index (κ2) is 13.5. The van der Waals surface area contributed by atoms with Crippen LogP contribution in [0.3, 0.4) is 0 Å². The maximum Gasteiger partial charge on any atom is 0.243 e. The molecular formula is C30H34Cl2N2O2. The van der Waals surface area contributed by atoms with E-state index in [1.165, 1.54) is 0 Å². The minimum absolute atomic E-state index is 0.124. The molecule has 0 radical (unpaired) electrons. The number of nitrogens with one attached hydrogen (secondary N) is 1. The Balaban J connectivity index is 2.00. The van der Waals surface area contributed by atoms with E-state index < -0.39 is 6.04 Å². The van der Waals surface area contributed by atoms with Gasteiger partial charge in [0, 0.05) is 29.6 Å². The van der Waals surface area contributed by atoms with E-state index >= 15 is 0 Å².